The van der Waals surface area contributed by atoms with E-state index in [9.17, 15) is 13.2 Å². The molecule has 3 nitrogen and oxygen atoms in total. The molecule has 0 unspecified atom stereocenters. The summed E-state index contributed by atoms with van der Waals surface area (Å²) in [6.07, 6.45) is -3.65. The SMILES string of the molecule is CCNc1nc(Cl)cnc1C(F)(F)F. The van der Waals surface area contributed by atoms with Crippen molar-refractivity contribution < 1.29 is 13.2 Å². The van der Waals surface area contributed by atoms with Crippen LogP contribution >= 0.6 is 11.6 Å². The van der Waals surface area contributed by atoms with Gasteiger partial charge in [0.1, 0.15) is 5.15 Å². The molecule has 1 rings (SSSR count). The van der Waals surface area contributed by atoms with Gasteiger partial charge in [-0.2, -0.15) is 13.2 Å². The molecule has 1 N–H and O–H groups in total. The molecule has 1 aromatic heterocycles. The zero-order chi connectivity index (χ0) is 10.8. The highest BCUT2D eigenvalue weighted by Crippen LogP contribution is 2.32. The van der Waals surface area contributed by atoms with Gasteiger partial charge in [0.25, 0.3) is 0 Å². The van der Waals surface area contributed by atoms with E-state index in [4.69, 9.17) is 11.6 Å². The minimum atomic E-state index is -4.52. The van der Waals surface area contributed by atoms with E-state index in [0.717, 1.165) is 6.20 Å². The molecule has 0 aliphatic rings. The lowest BCUT2D eigenvalue weighted by Gasteiger charge is -2.10. The number of rotatable bonds is 2. The zero-order valence-electron chi connectivity index (χ0n) is 7.19. The Labute approximate surface area is 83.3 Å². The van der Waals surface area contributed by atoms with E-state index < -0.39 is 11.9 Å². The molecule has 0 bridgehead atoms. The Balaban J connectivity index is 3.15. The van der Waals surface area contributed by atoms with Crippen molar-refractivity contribution in [3.05, 3.63) is 17.0 Å². The molecule has 0 atom stereocenters. The van der Waals surface area contributed by atoms with Crippen LogP contribution in [0.5, 0.6) is 0 Å². The van der Waals surface area contributed by atoms with E-state index in [0.29, 0.717) is 6.54 Å². The first kappa shape index (κ1) is 11.0. The molecule has 0 saturated heterocycles. The minimum absolute atomic E-state index is 0.0750. The fraction of sp³-hybridized carbons (Fsp3) is 0.429. The van der Waals surface area contributed by atoms with Gasteiger partial charge in [0.15, 0.2) is 11.5 Å². The highest BCUT2D eigenvalue weighted by molar-refractivity contribution is 6.29. The number of hydrogen-bond acceptors (Lipinski definition) is 3. The summed E-state index contributed by atoms with van der Waals surface area (Å²) in [6.45, 7) is 1.97. The van der Waals surface area contributed by atoms with Crippen LogP contribution in [0.15, 0.2) is 6.20 Å². The molecule has 0 amide bonds. The summed E-state index contributed by atoms with van der Waals surface area (Å²) < 4.78 is 37.0. The number of anilines is 1. The molecule has 78 valence electrons. The van der Waals surface area contributed by atoms with Crippen LogP contribution in [0, 0.1) is 0 Å². The fourth-order valence-corrected chi connectivity index (χ4v) is 0.999. The van der Waals surface area contributed by atoms with Gasteiger partial charge in [-0.25, -0.2) is 9.97 Å². The summed E-state index contributed by atoms with van der Waals surface area (Å²) in [7, 11) is 0. The van der Waals surface area contributed by atoms with Crippen molar-refractivity contribution in [3.8, 4) is 0 Å². The highest BCUT2D eigenvalue weighted by Gasteiger charge is 2.36. The quantitative estimate of drug-likeness (QED) is 0.841. The molecule has 0 saturated carbocycles. The second kappa shape index (κ2) is 4.00. The van der Waals surface area contributed by atoms with Gasteiger partial charge in [-0.15, -0.1) is 0 Å². The lowest BCUT2D eigenvalue weighted by molar-refractivity contribution is -0.140. The molecule has 0 aliphatic heterocycles. The van der Waals surface area contributed by atoms with Crippen LogP contribution in [0.2, 0.25) is 5.15 Å². The van der Waals surface area contributed by atoms with Gasteiger partial charge in [-0.3, -0.25) is 0 Å². The molecule has 0 radical (unpaired) electrons. The van der Waals surface area contributed by atoms with E-state index in [1.807, 2.05) is 0 Å². The van der Waals surface area contributed by atoms with E-state index in [1.54, 1.807) is 6.92 Å². The van der Waals surface area contributed by atoms with Crippen molar-refractivity contribution in [3.63, 3.8) is 0 Å². The Bertz CT molecular complexity index is 326. The van der Waals surface area contributed by atoms with Crippen LogP contribution in [0.3, 0.4) is 0 Å². The summed E-state index contributed by atoms with van der Waals surface area (Å²) in [5.74, 6) is -0.340. The van der Waals surface area contributed by atoms with Crippen molar-refractivity contribution in [2.75, 3.05) is 11.9 Å². The molecule has 1 heterocycles. The largest absolute Gasteiger partial charge is 0.437 e. The van der Waals surface area contributed by atoms with Crippen LogP contribution in [-0.2, 0) is 6.18 Å². The molecular formula is C7H7ClF3N3. The maximum atomic E-state index is 12.3. The van der Waals surface area contributed by atoms with Crippen LogP contribution in [0.1, 0.15) is 12.6 Å². The van der Waals surface area contributed by atoms with Gasteiger partial charge < -0.3 is 5.32 Å². The van der Waals surface area contributed by atoms with E-state index in [1.165, 1.54) is 0 Å². The zero-order valence-corrected chi connectivity index (χ0v) is 7.95. The third-order valence-corrected chi connectivity index (χ3v) is 1.54. The number of aromatic nitrogens is 2. The second-order valence-corrected chi connectivity index (χ2v) is 2.81. The summed E-state index contributed by atoms with van der Waals surface area (Å²) in [5, 5.41) is 2.37. The molecule has 14 heavy (non-hydrogen) atoms. The Hall–Kier alpha value is -1.04. The predicted molar refractivity (Wildman–Crippen MR) is 46.2 cm³/mol. The van der Waals surface area contributed by atoms with Crippen LogP contribution in [0.4, 0.5) is 19.0 Å². The molecular weight excluding hydrogens is 219 g/mol. The molecule has 0 spiro atoms. The van der Waals surface area contributed by atoms with Crippen LogP contribution < -0.4 is 5.32 Å². The standard InChI is InChI=1S/C7H7ClF3N3/c1-2-12-6-5(7(9,10)11)13-3-4(8)14-6/h3H,2H2,1H3,(H,12,14). The molecule has 7 heteroatoms. The maximum Gasteiger partial charge on any atom is 0.437 e. The van der Waals surface area contributed by atoms with Crippen LogP contribution in [0.25, 0.3) is 0 Å². The highest BCUT2D eigenvalue weighted by atomic mass is 35.5. The summed E-state index contributed by atoms with van der Waals surface area (Å²) in [5.41, 5.74) is -1.05. The summed E-state index contributed by atoms with van der Waals surface area (Å²) in [6, 6.07) is 0. The minimum Gasteiger partial charge on any atom is -0.368 e. The third kappa shape index (κ3) is 2.47. The topological polar surface area (TPSA) is 37.8 Å². The number of alkyl halides is 3. The number of hydrogen-bond donors (Lipinski definition) is 1. The van der Waals surface area contributed by atoms with Crippen molar-refractivity contribution in [1.29, 1.82) is 0 Å². The van der Waals surface area contributed by atoms with Gasteiger partial charge in [0.2, 0.25) is 0 Å². The smallest absolute Gasteiger partial charge is 0.368 e. The van der Waals surface area contributed by atoms with Crippen molar-refractivity contribution in [1.82, 2.24) is 9.97 Å². The average Bonchev–Trinajstić information content (AvgIpc) is 2.02. The van der Waals surface area contributed by atoms with Gasteiger partial charge >= 0.3 is 6.18 Å². The number of halogens is 4. The Morgan fingerprint density at radius 1 is 1.50 bits per heavy atom. The first-order valence-corrected chi connectivity index (χ1v) is 4.16. The van der Waals surface area contributed by atoms with Gasteiger partial charge in [0.05, 0.1) is 6.20 Å². The molecule has 1 aromatic rings. The first-order valence-electron chi connectivity index (χ1n) is 3.78. The molecule has 0 fully saturated rings. The maximum absolute atomic E-state index is 12.3. The van der Waals surface area contributed by atoms with Crippen molar-refractivity contribution in [2.45, 2.75) is 13.1 Å². The Kier molecular flexibility index (Phi) is 3.15. The van der Waals surface area contributed by atoms with Gasteiger partial charge in [-0.05, 0) is 6.92 Å². The monoisotopic (exact) mass is 225 g/mol. The second-order valence-electron chi connectivity index (χ2n) is 2.42. The van der Waals surface area contributed by atoms with E-state index >= 15 is 0 Å². The Morgan fingerprint density at radius 2 is 2.14 bits per heavy atom. The average molecular weight is 226 g/mol. The van der Waals surface area contributed by atoms with Crippen molar-refractivity contribution in [2.24, 2.45) is 0 Å². The first-order chi connectivity index (χ1) is 6.45. The Morgan fingerprint density at radius 3 is 2.64 bits per heavy atom. The lowest BCUT2D eigenvalue weighted by Crippen LogP contribution is -2.14. The molecule has 0 aliphatic carbocycles. The van der Waals surface area contributed by atoms with E-state index in [2.05, 4.69) is 15.3 Å². The third-order valence-electron chi connectivity index (χ3n) is 1.36. The number of nitrogens with one attached hydrogen (secondary N) is 1. The predicted octanol–water partition coefficient (Wildman–Crippen LogP) is 2.58. The lowest BCUT2D eigenvalue weighted by atomic mass is 10.4. The summed E-state index contributed by atoms with van der Waals surface area (Å²) in [4.78, 5) is 6.69. The molecule has 0 aromatic carbocycles. The summed E-state index contributed by atoms with van der Waals surface area (Å²) >= 11 is 5.42. The van der Waals surface area contributed by atoms with Crippen molar-refractivity contribution >= 4 is 17.4 Å². The number of nitrogens with zero attached hydrogens (tertiary/aromatic N) is 2. The van der Waals surface area contributed by atoms with E-state index in [-0.39, 0.29) is 11.0 Å². The van der Waals surface area contributed by atoms with Gasteiger partial charge in [0, 0.05) is 6.54 Å². The fourth-order valence-electron chi connectivity index (χ4n) is 0.866. The van der Waals surface area contributed by atoms with Crippen LogP contribution in [-0.4, -0.2) is 16.5 Å². The van der Waals surface area contributed by atoms with Gasteiger partial charge in [-0.1, -0.05) is 11.6 Å². The normalized spacial score (nSPS) is 11.5.